The van der Waals surface area contributed by atoms with Gasteiger partial charge in [0.05, 0.1) is 0 Å². The molecule has 2 aromatic rings. The molecule has 0 aliphatic carbocycles. The molecule has 2 nitrogen and oxygen atoms in total. The third kappa shape index (κ3) is 3.84. The highest BCUT2D eigenvalue weighted by atomic mass is 16.3. The van der Waals surface area contributed by atoms with Crippen molar-refractivity contribution < 1.29 is 10.2 Å². The summed E-state index contributed by atoms with van der Waals surface area (Å²) in [5.41, 5.74) is 5.57. The summed E-state index contributed by atoms with van der Waals surface area (Å²) in [7, 11) is 0. The third-order valence-corrected chi connectivity index (χ3v) is 4.02. The molecule has 120 valence electrons. The van der Waals surface area contributed by atoms with Crippen molar-refractivity contribution >= 4 is 0 Å². The van der Waals surface area contributed by atoms with E-state index in [1.54, 1.807) is 0 Å². The summed E-state index contributed by atoms with van der Waals surface area (Å²) >= 11 is 0. The van der Waals surface area contributed by atoms with Crippen LogP contribution in [-0.4, -0.2) is 10.2 Å². The van der Waals surface area contributed by atoms with E-state index in [1.807, 2.05) is 50.3 Å². The maximum atomic E-state index is 10.4. The summed E-state index contributed by atoms with van der Waals surface area (Å²) < 4.78 is 0. The number of phenolic OH excluding ortho intramolecular Hbond substituents is 2. The van der Waals surface area contributed by atoms with E-state index in [-0.39, 0.29) is 0 Å². The molecule has 0 unspecified atom stereocenters. The van der Waals surface area contributed by atoms with Gasteiger partial charge in [-0.2, -0.15) is 0 Å². The summed E-state index contributed by atoms with van der Waals surface area (Å²) in [5, 5.41) is 20.7. The highest BCUT2D eigenvalue weighted by Crippen LogP contribution is 2.31. The normalized spacial score (nSPS) is 10.5. The third-order valence-electron chi connectivity index (χ3n) is 4.02. The lowest BCUT2D eigenvalue weighted by Gasteiger charge is -2.14. The maximum Gasteiger partial charge on any atom is 0.122 e. The molecule has 0 heterocycles. The number of phenols is 2. The van der Waals surface area contributed by atoms with Crippen LogP contribution in [0.4, 0.5) is 0 Å². The predicted molar refractivity (Wildman–Crippen MR) is 96.3 cm³/mol. The summed E-state index contributed by atoms with van der Waals surface area (Å²) in [6.45, 7) is 11.3. The second-order valence-corrected chi connectivity index (χ2v) is 6.00. The van der Waals surface area contributed by atoms with Crippen molar-refractivity contribution in [3.63, 3.8) is 0 Å². The topological polar surface area (TPSA) is 40.5 Å². The molecular formula is C21H24O2. The fraction of sp³-hybridized carbons (Fsp3) is 0.238. The maximum absolute atomic E-state index is 10.4. The summed E-state index contributed by atoms with van der Waals surface area (Å²) in [4.78, 5) is 0. The number of benzene rings is 2. The minimum Gasteiger partial charge on any atom is -0.507 e. The zero-order chi connectivity index (χ0) is 17.0. The average molecular weight is 308 g/mol. The van der Waals surface area contributed by atoms with Crippen LogP contribution in [0.2, 0.25) is 0 Å². The Balaban J connectivity index is 2.46. The predicted octanol–water partition coefficient (Wildman–Crippen LogP) is 4.76. The fourth-order valence-corrected chi connectivity index (χ4v) is 2.91. The van der Waals surface area contributed by atoms with Gasteiger partial charge in [0.1, 0.15) is 11.5 Å². The Labute approximate surface area is 138 Å². The van der Waals surface area contributed by atoms with E-state index in [1.165, 1.54) is 0 Å². The number of hydrogen-bond donors (Lipinski definition) is 2. The molecule has 0 saturated heterocycles. The van der Waals surface area contributed by atoms with Crippen molar-refractivity contribution in [2.75, 3.05) is 0 Å². The van der Waals surface area contributed by atoms with Gasteiger partial charge in [0, 0.05) is 6.42 Å². The van der Waals surface area contributed by atoms with Crippen LogP contribution in [0.1, 0.15) is 33.4 Å². The molecule has 2 N–H and O–H groups in total. The molecule has 0 amide bonds. The Hall–Kier alpha value is -2.48. The fourth-order valence-electron chi connectivity index (χ4n) is 2.91. The lowest BCUT2D eigenvalue weighted by molar-refractivity contribution is 0.458. The standard InChI is InChI=1S/C21H24O2/c1-5-7-16-9-14(3)20(22)18(11-16)13-19-12-17(8-6-2)10-15(4)21(19)23/h5-6,9-12,22-23H,1-2,7-8,13H2,3-4H3. The summed E-state index contributed by atoms with van der Waals surface area (Å²) in [5.74, 6) is 0.591. The molecule has 0 fully saturated rings. The number of hydrogen-bond acceptors (Lipinski definition) is 2. The van der Waals surface area contributed by atoms with Crippen LogP contribution in [0.25, 0.3) is 0 Å². The molecule has 2 heteroatoms. The summed E-state index contributed by atoms with van der Waals surface area (Å²) in [6.07, 6.45) is 5.71. The van der Waals surface area contributed by atoms with E-state index in [4.69, 9.17) is 0 Å². The van der Waals surface area contributed by atoms with Gasteiger partial charge >= 0.3 is 0 Å². The van der Waals surface area contributed by atoms with E-state index in [9.17, 15) is 10.2 Å². The minimum absolute atomic E-state index is 0.295. The van der Waals surface area contributed by atoms with Gasteiger partial charge in [0.15, 0.2) is 0 Å². The van der Waals surface area contributed by atoms with Crippen molar-refractivity contribution in [3.8, 4) is 11.5 Å². The molecule has 0 bridgehead atoms. The zero-order valence-electron chi connectivity index (χ0n) is 13.9. The van der Waals surface area contributed by atoms with Crippen molar-refractivity contribution in [1.29, 1.82) is 0 Å². The van der Waals surface area contributed by atoms with E-state index in [2.05, 4.69) is 13.2 Å². The second-order valence-electron chi connectivity index (χ2n) is 6.00. The lowest BCUT2D eigenvalue weighted by Crippen LogP contribution is -1.97. The molecule has 0 radical (unpaired) electrons. The zero-order valence-corrected chi connectivity index (χ0v) is 13.9. The molecule has 0 spiro atoms. The smallest absolute Gasteiger partial charge is 0.122 e. The molecule has 23 heavy (non-hydrogen) atoms. The van der Waals surface area contributed by atoms with Crippen molar-refractivity contribution in [3.05, 3.63) is 83.0 Å². The first-order valence-electron chi connectivity index (χ1n) is 7.80. The van der Waals surface area contributed by atoms with Crippen LogP contribution >= 0.6 is 0 Å². The average Bonchev–Trinajstić information content (AvgIpc) is 2.50. The van der Waals surface area contributed by atoms with Crippen LogP contribution in [0.15, 0.2) is 49.6 Å². The number of aromatic hydroxyl groups is 2. The van der Waals surface area contributed by atoms with E-state index in [0.717, 1.165) is 46.2 Å². The Bertz CT molecular complexity index is 678. The SMILES string of the molecule is C=CCc1cc(C)c(O)c(Cc2cc(CC=C)cc(C)c2O)c1. The van der Waals surface area contributed by atoms with Crippen molar-refractivity contribution in [2.45, 2.75) is 33.1 Å². The van der Waals surface area contributed by atoms with Gasteiger partial charge in [-0.15, -0.1) is 13.2 Å². The van der Waals surface area contributed by atoms with Crippen LogP contribution in [0.3, 0.4) is 0 Å². The molecule has 2 rings (SSSR count). The number of rotatable bonds is 6. The Morgan fingerprint density at radius 3 is 1.52 bits per heavy atom. The van der Waals surface area contributed by atoms with Crippen molar-refractivity contribution in [1.82, 2.24) is 0 Å². The van der Waals surface area contributed by atoms with Gasteiger partial charge in [-0.05, 0) is 60.1 Å². The van der Waals surface area contributed by atoms with E-state index in [0.29, 0.717) is 17.9 Å². The molecule has 0 aliphatic heterocycles. The quantitative estimate of drug-likeness (QED) is 0.755. The number of allylic oxidation sites excluding steroid dienone is 2. The van der Waals surface area contributed by atoms with Crippen molar-refractivity contribution in [2.24, 2.45) is 0 Å². The van der Waals surface area contributed by atoms with Gasteiger partial charge in [-0.3, -0.25) is 0 Å². The Morgan fingerprint density at radius 2 is 1.17 bits per heavy atom. The molecular weight excluding hydrogens is 284 g/mol. The number of aryl methyl sites for hydroxylation is 2. The monoisotopic (exact) mass is 308 g/mol. The minimum atomic E-state index is 0.295. The first-order chi connectivity index (χ1) is 11.0. The highest BCUT2D eigenvalue weighted by Gasteiger charge is 2.12. The van der Waals surface area contributed by atoms with Gasteiger partial charge in [-0.25, -0.2) is 0 Å². The molecule has 0 aliphatic rings. The lowest BCUT2D eigenvalue weighted by atomic mass is 9.94. The van der Waals surface area contributed by atoms with Gasteiger partial charge in [0.25, 0.3) is 0 Å². The van der Waals surface area contributed by atoms with Gasteiger partial charge in [-0.1, -0.05) is 36.4 Å². The van der Waals surface area contributed by atoms with E-state index < -0.39 is 0 Å². The van der Waals surface area contributed by atoms with Crippen LogP contribution < -0.4 is 0 Å². The molecule has 0 atom stereocenters. The molecule has 2 aromatic carbocycles. The molecule has 0 saturated carbocycles. The van der Waals surface area contributed by atoms with E-state index >= 15 is 0 Å². The first kappa shape index (κ1) is 16.9. The van der Waals surface area contributed by atoms with Gasteiger partial charge < -0.3 is 10.2 Å². The first-order valence-corrected chi connectivity index (χ1v) is 7.80. The molecule has 0 aromatic heterocycles. The Morgan fingerprint density at radius 1 is 0.783 bits per heavy atom. The Kier molecular flexibility index (Phi) is 5.28. The second kappa shape index (κ2) is 7.19. The van der Waals surface area contributed by atoms with Gasteiger partial charge in [0.2, 0.25) is 0 Å². The van der Waals surface area contributed by atoms with Crippen LogP contribution in [0, 0.1) is 13.8 Å². The highest BCUT2D eigenvalue weighted by molar-refractivity contribution is 5.50. The summed E-state index contributed by atoms with van der Waals surface area (Å²) in [6, 6.07) is 7.91. The van der Waals surface area contributed by atoms with Crippen LogP contribution in [-0.2, 0) is 19.3 Å². The largest absolute Gasteiger partial charge is 0.507 e. The van der Waals surface area contributed by atoms with Crippen LogP contribution in [0.5, 0.6) is 11.5 Å².